The quantitative estimate of drug-likeness (QED) is 0.847. The van der Waals surface area contributed by atoms with Gasteiger partial charge in [0.25, 0.3) is 0 Å². The van der Waals surface area contributed by atoms with E-state index in [0.717, 1.165) is 5.56 Å². The van der Waals surface area contributed by atoms with Crippen molar-refractivity contribution in [2.75, 3.05) is 4.90 Å². The number of carbonyl (C=O) groups is 1. The minimum absolute atomic E-state index is 0.0182. The van der Waals surface area contributed by atoms with Crippen LogP contribution in [0.1, 0.15) is 31.9 Å². The molecular formula is C17H18FNO2. The summed E-state index contributed by atoms with van der Waals surface area (Å²) in [6, 6.07) is 12.6. The van der Waals surface area contributed by atoms with Gasteiger partial charge in [-0.1, -0.05) is 26.0 Å². The standard InChI is InChI=1S/C15H12FNO2.C2H6/c16-11-3-5-12(6-4-11)17-14(9-15(17)19)10-1-7-13(18)8-2-10;1-2/h1-8,14,18H,9H2;1-2H3. The number of phenols is 1. The number of amides is 1. The zero-order valence-electron chi connectivity index (χ0n) is 12.1. The lowest BCUT2D eigenvalue weighted by atomic mass is 9.93. The molecule has 3 rings (SSSR count). The third-order valence-electron chi connectivity index (χ3n) is 3.33. The lowest BCUT2D eigenvalue weighted by molar-refractivity contribution is -0.124. The zero-order valence-corrected chi connectivity index (χ0v) is 12.1. The largest absolute Gasteiger partial charge is 0.508 e. The smallest absolute Gasteiger partial charge is 0.230 e. The average molecular weight is 287 g/mol. The van der Waals surface area contributed by atoms with E-state index in [1.807, 2.05) is 13.8 Å². The highest BCUT2D eigenvalue weighted by atomic mass is 19.1. The van der Waals surface area contributed by atoms with Gasteiger partial charge in [0.05, 0.1) is 12.5 Å². The van der Waals surface area contributed by atoms with E-state index in [-0.39, 0.29) is 23.5 Å². The fraction of sp³-hybridized carbons (Fsp3) is 0.235. The lowest BCUT2D eigenvalue weighted by Gasteiger charge is -2.40. The van der Waals surface area contributed by atoms with Crippen LogP contribution in [0.2, 0.25) is 0 Å². The summed E-state index contributed by atoms with van der Waals surface area (Å²) < 4.78 is 12.9. The third-order valence-corrected chi connectivity index (χ3v) is 3.33. The maximum Gasteiger partial charge on any atom is 0.230 e. The second-order valence-electron chi connectivity index (χ2n) is 4.55. The number of nitrogens with zero attached hydrogens (tertiary/aromatic N) is 1. The van der Waals surface area contributed by atoms with Crippen LogP contribution < -0.4 is 4.90 Å². The average Bonchev–Trinajstić information content (AvgIpc) is 2.50. The van der Waals surface area contributed by atoms with Crippen molar-refractivity contribution in [3.8, 4) is 5.75 Å². The first-order chi connectivity index (χ1) is 10.1. The van der Waals surface area contributed by atoms with Gasteiger partial charge < -0.3 is 10.0 Å². The minimum atomic E-state index is -0.321. The summed E-state index contributed by atoms with van der Waals surface area (Å²) in [7, 11) is 0. The number of carbonyl (C=O) groups excluding carboxylic acids is 1. The van der Waals surface area contributed by atoms with E-state index >= 15 is 0 Å². The lowest BCUT2D eigenvalue weighted by Crippen LogP contribution is -2.46. The number of hydrogen-bond acceptors (Lipinski definition) is 2. The van der Waals surface area contributed by atoms with Crippen LogP contribution >= 0.6 is 0 Å². The van der Waals surface area contributed by atoms with Crippen LogP contribution in [0.4, 0.5) is 10.1 Å². The van der Waals surface area contributed by atoms with E-state index in [1.54, 1.807) is 41.3 Å². The molecule has 0 radical (unpaired) electrons. The number of aromatic hydroxyl groups is 1. The van der Waals surface area contributed by atoms with Gasteiger partial charge in [-0.05, 0) is 42.0 Å². The van der Waals surface area contributed by atoms with E-state index in [0.29, 0.717) is 12.1 Å². The fourth-order valence-corrected chi connectivity index (χ4v) is 2.31. The first-order valence-corrected chi connectivity index (χ1v) is 7.02. The summed E-state index contributed by atoms with van der Waals surface area (Å²) >= 11 is 0. The molecule has 1 aliphatic heterocycles. The van der Waals surface area contributed by atoms with Crippen LogP contribution in [0.25, 0.3) is 0 Å². The van der Waals surface area contributed by atoms with Crippen molar-refractivity contribution in [1.82, 2.24) is 0 Å². The highest BCUT2D eigenvalue weighted by molar-refractivity contribution is 6.01. The fourth-order valence-electron chi connectivity index (χ4n) is 2.31. The topological polar surface area (TPSA) is 40.5 Å². The maximum atomic E-state index is 12.9. The Hall–Kier alpha value is -2.36. The molecule has 1 atom stereocenters. The Labute approximate surface area is 123 Å². The molecule has 4 heteroatoms. The molecule has 3 nitrogen and oxygen atoms in total. The molecule has 1 fully saturated rings. The molecule has 1 saturated heterocycles. The second kappa shape index (κ2) is 6.39. The molecule has 2 aromatic rings. The Balaban J connectivity index is 0.000000774. The number of phenolic OH excluding ortho intramolecular Hbond substituents is 1. The van der Waals surface area contributed by atoms with Crippen molar-refractivity contribution in [2.45, 2.75) is 26.3 Å². The Kier molecular flexibility index (Phi) is 4.58. The van der Waals surface area contributed by atoms with Crippen LogP contribution in [0.15, 0.2) is 48.5 Å². The number of benzene rings is 2. The molecule has 2 aromatic carbocycles. The van der Waals surface area contributed by atoms with Gasteiger partial charge in [0, 0.05) is 5.69 Å². The van der Waals surface area contributed by atoms with Crippen molar-refractivity contribution < 1.29 is 14.3 Å². The highest BCUT2D eigenvalue weighted by Crippen LogP contribution is 2.39. The summed E-state index contributed by atoms with van der Waals surface area (Å²) in [5, 5.41) is 9.27. The summed E-state index contributed by atoms with van der Waals surface area (Å²) in [4.78, 5) is 13.4. The van der Waals surface area contributed by atoms with Crippen molar-refractivity contribution in [2.24, 2.45) is 0 Å². The van der Waals surface area contributed by atoms with Crippen molar-refractivity contribution in [1.29, 1.82) is 0 Å². The minimum Gasteiger partial charge on any atom is -0.508 e. The molecule has 1 N–H and O–H groups in total. The predicted molar refractivity (Wildman–Crippen MR) is 80.7 cm³/mol. The summed E-state index contributed by atoms with van der Waals surface area (Å²) in [6.07, 6.45) is 0.433. The van der Waals surface area contributed by atoms with Gasteiger partial charge in [-0.3, -0.25) is 4.79 Å². The molecule has 0 bridgehead atoms. The summed E-state index contributed by atoms with van der Waals surface area (Å²) in [6.45, 7) is 4.00. The number of hydrogen-bond donors (Lipinski definition) is 1. The second-order valence-corrected chi connectivity index (χ2v) is 4.55. The van der Waals surface area contributed by atoms with Gasteiger partial charge in [-0.25, -0.2) is 4.39 Å². The molecule has 21 heavy (non-hydrogen) atoms. The van der Waals surface area contributed by atoms with Crippen LogP contribution in [-0.2, 0) is 4.79 Å². The monoisotopic (exact) mass is 287 g/mol. The maximum absolute atomic E-state index is 12.9. The van der Waals surface area contributed by atoms with Crippen molar-refractivity contribution in [3.63, 3.8) is 0 Å². The Morgan fingerprint density at radius 1 is 1.05 bits per heavy atom. The van der Waals surface area contributed by atoms with Gasteiger partial charge in [0.1, 0.15) is 11.6 Å². The number of rotatable bonds is 2. The molecule has 0 aromatic heterocycles. The Morgan fingerprint density at radius 2 is 1.62 bits per heavy atom. The third kappa shape index (κ3) is 3.05. The van der Waals surface area contributed by atoms with Gasteiger partial charge in [0.15, 0.2) is 0 Å². The predicted octanol–water partition coefficient (Wildman–Crippen LogP) is 4.04. The van der Waals surface area contributed by atoms with Gasteiger partial charge in [0.2, 0.25) is 5.91 Å². The normalized spacial score (nSPS) is 16.8. The van der Waals surface area contributed by atoms with E-state index in [9.17, 15) is 14.3 Å². The zero-order chi connectivity index (χ0) is 15.4. The number of anilines is 1. The SMILES string of the molecule is CC.O=C1CC(c2ccc(O)cc2)N1c1ccc(F)cc1. The molecule has 0 spiro atoms. The molecular weight excluding hydrogens is 269 g/mol. The number of β-lactam (4-membered cyclic amide) rings is 1. The highest BCUT2D eigenvalue weighted by Gasteiger charge is 2.38. The first kappa shape index (κ1) is 15.0. The Bertz CT molecular complexity index is 608. The van der Waals surface area contributed by atoms with Crippen LogP contribution in [0.5, 0.6) is 5.75 Å². The molecule has 110 valence electrons. The molecule has 1 heterocycles. The molecule has 0 saturated carbocycles. The number of halogens is 1. The Morgan fingerprint density at radius 3 is 2.14 bits per heavy atom. The molecule has 1 amide bonds. The van der Waals surface area contributed by atoms with E-state index < -0.39 is 0 Å². The summed E-state index contributed by atoms with van der Waals surface area (Å²) in [5.41, 5.74) is 1.65. The van der Waals surface area contributed by atoms with E-state index in [1.165, 1.54) is 12.1 Å². The van der Waals surface area contributed by atoms with Gasteiger partial charge in [-0.2, -0.15) is 0 Å². The molecule has 0 aliphatic carbocycles. The van der Waals surface area contributed by atoms with Gasteiger partial charge in [-0.15, -0.1) is 0 Å². The van der Waals surface area contributed by atoms with Crippen LogP contribution in [0, 0.1) is 5.82 Å². The van der Waals surface area contributed by atoms with E-state index in [2.05, 4.69) is 0 Å². The molecule has 1 aliphatic rings. The molecule has 1 unspecified atom stereocenters. The van der Waals surface area contributed by atoms with Crippen molar-refractivity contribution in [3.05, 3.63) is 59.9 Å². The van der Waals surface area contributed by atoms with Crippen molar-refractivity contribution >= 4 is 11.6 Å². The van der Waals surface area contributed by atoms with E-state index in [4.69, 9.17) is 0 Å². The van der Waals surface area contributed by atoms with Gasteiger partial charge >= 0.3 is 0 Å². The summed E-state index contributed by atoms with van der Waals surface area (Å²) in [5.74, 6) is -0.106. The first-order valence-electron chi connectivity index (χ1n) is 7.02. The van der Waals surface area contributed by atoms with Crippen LogP contribution in [-0.4, -0.2) is 11.0 Å². The van der Waals surface area contributed by atoms with Crippen LogP contribution in [0.3, 0.4) is 0 Å².